The van der Waals surface area contributed by atoms with Gasteiger partial charge in [0, 0.05) is 36.5 Å². The van der Waals surface area contributed by atoms with Crippen LogP contribution in [-0.2, 0) is 11.2 Å². The monoisotopic (exact) mass is 342 g/mol. The van der Waals surface area contributed by atoms with Gasteiger partial charge in [-0.2, -0.15) is 11.3 Å². The average molecular weight is 342 g/mol. The van der Waals surface area contributed by atoms with E-state index in [1.807, 2.05) is 39.9 Å². The fourth-order valence-electron chi connectivity index (χ4n) is 2.99. The number of hydrogen-bond donors (Lipinski definition) is 1. The van der Waals surface area contributed by atoms with Gasteiger partial charge in [0.2, 0.25) is 5.91 Å². The first-order valence-electron chi connectivity index (χ1n) is 8.37. The number of amides is 2. The van der Waals surface area contributed by atoms with Gasteiger partial charge in [-0.1, -0.05) is 30.3 Å². The van der Waals surface area contributed by atoms with Crippen LogP contribution in [0.4, 0.5) is 0 Å². The molecular weight excluding hydrogens is 320 g/mol. The van der Waals surface area contributed by atoms with Crippen molar-refractivity contribution in [3.8, 4) is 0 Å². The fourth-order valence-corrected chi connectivity index (χ4v) is 3.63. The van der Waals surface area contributed by atoms with Gasteiger partial charge in [0.05, 0.1) is 0 Å². The van der Waals surface area contributed by atoms with E-state index in [1.165, 1.54) is 16.9 Å². The molecule has 1 aromatic carbocycles. The molecule has 1 aromatic heterocycles. The van der Waals surface area contributed by atoms with Gasteiger partial charge >= 0.3 is 0 Å². The highest BCUT2D eigenvalue weighted by atomic mass is 32.1. The maximum absolute atomic E-state index is 12.3. The highest BCUT2D eigenvalue weighted by Gasteiger charge is 2.23. The molecule has 2 heterocycles. The first-order chi connectivity index (χ1) is 11.7. The standard InChI is InChI=1S/C19H22N2O2S/c22-18(7-6-15-4-2-1-3-5-15)21-11-8-17(9-12-21)20-19(23)16-10-13-24-14-16/h1-5,10,13-14,17H,6-9,11-12H2,(H,20,23). The molecule has 1 fully saturated rings. The summed E-state index contributed by atoms with van der Waals surface area (Å²) in [5.74, 6) is 0.201. The molecule has 0 radical (unpaired) electrons. The van der Waals surface area contributed by atoms with Crippen molar-refractivity contribution in [2.45, 2.75) is 31.7 Å². The molecule has 126 valence electrons. The van der Waals surface area contributed by atoms with Crippen LogP contribution in [0.25, 0.3) is 0 Å². The molecule has 2 amide bonds. The van der Waals surface area contributed by atoms with Crippen LogP contribution in [0, 0.1) is 0 Å². The van der Waals surface area contributed by atoms with Crippen LogP contribution in [0.3, 0.4) is 0 Å². The number of carbonyl (C=O) groups is 2. The average Bonchev–Trinajstić information content (AvgIpc) is 3.16. The second kappa shape index (κ2) is 8.11. The zero-order valence-corrected chi connectivity index (χ0v) is 14.4. The van der Waals surface area contributed by atoms with Crippen molar-refractivity contribution in [2.24, 2.45) is 0 Å². The van der Waals surface area contributed by atoms with Crippen molar-refractivity contribution in [3.63, 3.8) is 0 Å². The molecule has 0 aliphatic carbocycles. The van der Waals surface area contributed by atoms with Crippen molar-refractivity contribution >= 4 is 23.2 Å². The second-order valence-electron chi connectivity index (χ2n) is 6.13. The van der Waals surface area contributed by atoms with E-state index < -0.39 is 0 Å². The molecule has 0 unspecified atom stereocenters. The summed E-state index contributed by atoms with van der Waals surface area (Å²) >= 11 is 1.52. The van der Waals surface area contributed by atoms with Crippen molar-refractivity contribution in [1.82, 2.24) is 10.2 Å². The lowest BCUT2D eigenvalue weighted by atomic mass is 10.0. The minimum absolute atomic E-state index is 0.00916. The molecule has 1 N–H and O–H groups in total. The number of piperidine rings is 1. The summed E-state index contributed by atoms with van der Waals surface area (Å²) in [6.07, 6.45) is 2.99. The molecule has 5 heteroatoms. The zero-order valence-electron chi connectivity index (χ0n) is 13.6. The van der Waals surface area contributed by atoms with Crippen LogP contribution in [0.2, 0.25) is 0 Å². The number of benzene rings is 1. The molecule has 0 saturated carbocycles. The van der Waals surface area contributed by atoms with Crippen LogP contribution in [0.5, 0.6) is 0 Å². The summed E-state index contributed by atoms with van der Waals surface area (Å²) in [6, 6.07) is 12.1. The van der Waals surface area contributed by atoms with E-state index in [0.717, 1.165) is 37.9 Å². The van der Waals surface area contributed by atoms with E-state index in [1.54, 1.807) is 0 Å². The maximum Gasteiger partial charge on any atom is 0.252 e. The van der Waals surface area contributed by atoms with Gasteiger partial charge in [0.1, 0.15) is 0 Å². The molecule has 1 aliphatic rings. The highest BCUT2D eigenvalue weighted by Crippen LogP contribution is 2.14. The normalized spacial score (nSPS) is 15.2. The number of likely N-dealkylation sites (tertiary alicyclic amines) is 1. The smallest absolute Gasteiger partial charge is 0.252 e. The van der Waals surface area contributed by atoms with Crippen LogP contribution in [0.15, 0.2) is 47.2 Å². The second-order valence-corrected chi connectivity index (χ2v) is 6.91. The Balaban J connectivity index is 1.41. The van der Waals surface area contributed by atoms with Gasteiger partial charge in [-0.25, -0.2) is 0 Å². The highest BCUT2D eigenvalue weighted by molar-refractivity contribution is 7.08. The molecule has 1 aliphatic heterocycles. The Morgan fingerprint density at radius 1 is 1.12 bits per heavy atom. The van der Waals surface area contributed by atoms with Gasteiger partial charge in [0.25, 0.3) is 5.91 Å². The van der Waals surface area contributed by atoms with Crippen LogP contribution in [-0.4, -0.2) is 35.8 Å². The molecule has 0 bridgehead atoms. The largest absolute Gasteiger partial charge is 0.349 e. The van der Waals surface area contributed by atoms with Crippen molar-refractivity contribution in [2.75, 3.05) is 13.1 Å². The Hall–Kier alpha value is -2.14. The summed E-state index contributed by atoms with van der Waals surface area (Å²) in [5.41, 5.74) is 1.92. The number of hydrogen-bond acceptors (Lipinski definition) is 3. The van der Waals surface area contributed by atoms with E-state index in [9.17, 15) is 9.59 Å². The third-order valence-electron chi connectivity index (χ3n) is 4.44. The Labute approximate surface area is 146 Å². The number of thiophene rings is 1. The number of nitrogens with zero attached hydrogens (tertiary/aromatic N) is 1. The summed E-state index contributed by atoms with van der Waals surface area (Å²) in [7, 11) is 0. The van der Waals surface area contributed by atoms with Crippen molar-refractivity contribution in [3.05, 3.63) is 58.3 Å². The first kappa shape index (κ1) is 16.7. The van der Waals surface area contributed by atoms with Gasteiger partial charge < -0.3 is 10.2 Å². The Morgan fingerprint density at radius 3 is 2.54 bits per heavy atom. The molecule has 1 saturated heterocycles. The lowest BCUT2D eigenvalue weighted by Crippen LogP contribution is -2.46. The van der Waals surface area contributed by atoms with Crippen LogP contribution in [0.1, 0.15) is 35.2 Å². The Bertz CT molecular complexity index is 662. The molecule has 3 rings (SSSR count). The molecule has 0 atom stereocenters. The third-order valence-corrected chi connectivity index (χ3v) is 5.12. The summed E-state index contributed by atoms with van der Waals surface area (Å²) in [6.45, 7) is 1.45. The molecule has 24 heavy (non-hydrogen) atoms. The first-order valence-corrected chi connectivity index (χ1v) is 9.31. The molecular formula is C19H22N2O2S. The number of carbonyl (C=O) groups excluding carboxylic acids is 2. The summed E-state index contributed by atoms with van der Waals surface area (Å²) < 4.78 is 0. The quantitative estimate of drug-likeness (QED) is 0.908. The van der Waals surface area contributed by atoms with Crippen molar-refractivity contribution in [1.29, 1.82) is 0 Å². The van der Waals surface area contributed by atoms with E-state index in [2.05, 4.69) is 17.4 Å². The molecule has 0 spiro atoms. The zero-order chi connectivity index (χ0) is 16.8. The summed E-state index contributed by atoms with van der Waals surface area (Å²) in [4.78, 5) is 26.3. The van der Waals surface area contributed by atoms with E-state index in [-0.39, 0.29) is 17.9 Å². The predicted octanol–water partition coefficient (Wildman–Crippen LogP) is 3.10. The minimum atomic E-state index is -0.00916. The van der Waals surface area contributed by atoms with Gasteiger partial charge in [-0.3, -0.25) is 9.59 Å². The Morgan fingerprint density at radius 2 is 1.88 bits per heavy atom. The SMILES string of the molecule is O=C(NC1CCN(C(=O)CCc2ccccc2)CC1)c1ccsc1. The van der Waals surface area contributed by atoms with E-state index in [0.29, 0.717) is 6.42 Å². The topological polar surface area (TPSA) is 49.4 Å². The maximum atomic E-state index is 12.3. The lowest BCUT2D eigenvalue weighted by Gasteiger charge is -2.32. The number of nitrogens with one attached hydrogen (secondary N) is 1. The van der Waals surface area contributed by atoms with Crippen molar-refractivity contribution < 1.29 is 9.59 Å². The molecule has 2 aromatic rings. The Kier molecular flexibility index (Phi) is 5.64. The van der Waals surface area contributed by atoms with E-state index in [4.69, 9.17) is 0 Å². The number of aryl methyl sites for hydroxylation is 1. The third kappa shape index (κ3) is 4.45. The predicted molar refractivity (Wildman–Crippen MR) is 96.2 cm³/mol. The van der Waals surface area contributed by atoms with E-state index >= 15 is 0 Å². The fraction of sp³-hybridized carbons (Fsp3) is 0.368. The lowest BCUT2D eigenvalue weighted by molar-refractivity contribution is -0.132. The number of rotatable bonds is 5. The van der Waals surface area contributed by atoms with Gasteiger partial charge in [-0.15, -0.1) is 0 Å². The van der Waals surface area contributed by atoms with Crippen LogP contribution >= 0.6 is 11.3 Å². The van der Waals surface area contributed by atoms with Gasteiger partial charge in [-0.05, 0) is 36.3 Å². The molecule has 4 nitrogen and oxygen atoms in total. The van der Waals surface area contributed by atoms with Gasteiger partial charge in [0.15, 0.2) is 0 Å². The van der Waals surface area contributed by atoms with Crippen LogP contribution < -0.4 is 5.32 Å². The minimum Gasteiger partial charge on any atom is -0.349 e. The summed E-state index contributed by atoms with van der Waals surface area (Å²) in [5, 5.41) is 6.83.